The van der Waals surface area contributed by atoms with Gasteiger partial charge in [-0.05, 0) is 24.3 Å². The number of anilines is 1. The van der Waals surface area contributed by atoms with Gasteiger partial charge in [-0.2, -0.15) is 0 Å². The molecule has 2 heterocycles. The minimum Gasteiger partial charge on any atom is -0.324 e. The van der Waals surface area contributed by atoms with Crippen molar-refractivity contribution in [2.45, 2.75) is 19.4 Å². The molecule has 0 aliphatic rings. The van der Waals surface area contributed by atoms with E-state index in [2.05, 4.69) is 15.2 Å². The number of amides is 1. The van der Waals surface area contributed by atoms with Crippen LogP contribution in [0, 0.1) is 0 Å². The molecule has 2 aromatic heterocycles. The maximum Gasteiger partial charge on any atom is 0.227 e. The maximum atomic E-state index is 12.4. The Balaban J connectivity index is 1.68. The van der Waals surface area contributed by atoms with Gasteiger partial charge in [-0.1, -0.05) is 6.07 Å². The van der Waals surface area contributed by atoms with E-state index < -0.39 is 0 Å². The van der Waals surface area contributed by atoms with E-state index in [9.17, 15) is 4.79 Å². The molecule has 0 saturated heterocycles. The van der Waals surface area contributed by atoms with Crippen LogP contribution in [0.2, 0.25) is 0 Å². The van der Waals surface area contributed by atoms with Crippen molar-refractivity contribution in [3.8, 4) is 0 Å². The van der Waals surface area contributed by atoms with E-state index in [-0.39, 0.29) is 5.91 Å². The first-order chi connectivity index (χ1) is 11.2. The summed E-state index contributed by atoms with van der Waals surface area (Å²) in [5, 5.41) is 10.7. The molecule has 1 aromatic carbocycles. The Bertz CT molecular complexity index is 832. The van der Waals surface area contributed by atoms with Gasteiger partial charge in [0.25, 0.3) is 0 Å². The van der Waals surface area contributed by atoms with Crippen molar-refractivity contribution in [1.82, 2.24) is 15.2 Å². The molecule has 0 spiro atoms. The van der Waals surface area contributed by atoms with Crippen LogP contribution in [0.3, 0.4) is 0 Å². The lowest BCUT2D eigenvalue weighted by atomic mass is 10.2. The first-order valence-corrected chi connectivity index (χ1v) is 8.11. The normalized spacial score (nSPS) is 10.9. The fraction of sp³-hybridized carbons (Fsp3) is 0.250. The van der Waals surface area contributed by atoms with E-state index in [0.717, 1.165) is 26.6 Å². The quantitative estimate of drug-likeness (QED) is 0.776. The standard InChI is InChI=1S/C16H17N5OS/c1-21(12-4-5-13-11(9-12)3-2-8-18-13)16(22)7-6-14-19-20-15(10-17)23-14/h2-5,8-9H,6-7,10,17H2,1H3. The lowest BCUT2D eigenvalue weighted by Crippen LogP contribution is -2.26. The van der Waals surface area contributed by atoms with Crippen molar-refractivity contribution >= 4 is 33.8 Å². The summed E-state index contributed by atoms with van der Waals surface area (Å²) in [6.07, 6.45) is 2.73. The van der Waals surface area contributed by atoms with E-state index in [1.807, 2.05) is 30.3 Å². The molecular weight excluding hydrogens is 310 g/mol. The fourth-order valence-electron chi connectivity index (χ4n) is 2.27. The number of aryl methyl sites for hydroxylation is 1. The highest BCUT2D eigenvalue weighted by Crippen LogP contribution is 2.21. The molecule has 0 atom stereocenters. The van der Waals surface area contributed by atoms with E-state index in [1.54, 1.807) is 18.1 Å². The number of nitrogens with two attached hydrogens (primary N) is 1. The van der Waals surface area contributed by atoms with Crippen LogP contribution in [0.1, 0.15) is 16.4 Å². The summed E-state index contributed by atoms with van der Waals surface area (Å²) in [6.45, 7) is 0.386. The largest absolute Gasteiger partial charge is 0.324 e. The van der Waals surface area contributed by atoms with Gasteiger partial charge < -0.3 is 10.6 Å². The number of aromatic nitrogens is 3. The molecule has 118 valence electrons. The highest BCUT2D eigenvalue weighted by molar-refractivity contribution is 7.11. The minimum atomic E-state index is 0.0396. The maximum absolute atomic E-state index is 12.4. The van der Waals surface area contributed by atoms with Gasteiger partial charge in [-0.15, -0.1) is 21.5 Å². The summed E-state index contributed by atoms with van der Waals surface area (Å²) in [7, 11) is 1.78. The molecular formula is C16H17N5OS. The monoisotopic (exact) mass is 327 g/mol. The summed E-state index contributed by atoms with van der Waals surface area (Å²) in [5.74, 6) is 0.0396. The van der Waals surface area contributed by atoms with Crippen LogP contribution in [-0.2, 0) is 17.8 Å². The van der Waals surface area contributed by atoms with Crippen LogP contribution in [0.4, 0.5) is 5.69 Å². The Morgan fingerprint density at radius 2 is 2.09 bits per heavy atom. The van der Waals surface area contributed by atoms with Crippen LogP contribution in [0.25, 0.3) is 10.9 Å². The second-order valence-electron chi connectivity index (χ2n) is 5.13. The van der Waals surface area contributed by atoms with Gasteiger partial charge in [0.15, 0.2) is 0 Å². The molecule has 7 heteroatoms. The van der Waals surface area contributed by atoms with E-state index >= 15 is 0 Å². The smallest absolute Gasteiger partial charge is 0.227 e. The molecule has 0 unspecified atom stereocenters. The van der Waals surface area contributed by atoms with Gasteiger partial charge in [0.2, 0.25) is 5.91 Å². The predicted octanol–water partition coefficient (Wildman–Crippen LogP) is 2.14. The Morgan fingerprint density at radius 1 is 1.26 bits per heavy atom. The third-order valence-electron chi connectivity index (χ3n) is 3.58. The number of nitrogens with zero attached hydrogens (tertiary/aromatic N) is 4. The summed E-state index contributed by atoms with van der Waals surface area (Å²) in [6, 6.07) is 9.67. The van der Waals surface area contributed by atoms with Crippen LogP contribution < -0.4 is 10.6 Å². The number of hydrogen-bond acceptors (Lipinski definition) is 6. The van der Waals surface area contributed by atoms with E-state index in [4.69, 9.17) is 5.73 Å². The Labute approximate surface area is 138 Å². The van der Waals surface area contributed by atoms with Crippen molar-refractivity contribution in [1.29, 1.82) is 0 Å². The number of rotatable bonds is 5. The van der Waals surface area contributed by atoms with Crippen LogP contribution >= 0.6 is 11.3 Å². The molecule has 0 bridgehead atoms. The van der Waals surface area contributed by atoms with E-state index in [1.165, 1.54) is 11.3 Å². The first-order valence-electron chi connectivity index (χ1n) is 7.30. The fourth-order valence-corrected chi connectivity index (χ4v) is 2.99. The van der Waals surface area contributed by atoms with Crippen LogP contribution in [0.5, 0.6) is 0 Å². The topological polar surface area (TPSA) is 85.0 Å². The highest BCUT2D eigenvalue weighted by Gasteiger charge is 2.13. The van der Waals surface area contributed by atoms with Crippen molar-refractivity contribution in [3.05, 3.63) is 46.5 Å². The second kappa shape index (κ2) is 6.80. The van der Waals surface area contributed by atoms with Gasteiger partial charge in [-0.25, -0.2) is 0 Å². The lowest BCUT2D eigenvalue weighted by molar-refractivity contribution is -0.118. The predicted molar refractivity (Wildman–Crippen MR) is 91.3 cm³/mol. The molecule has 3 rings (SSSR count). The highest BCUT2D eigenvalue weighted by atomic mass is 32.1. The average molecular weight is 327 g/mol. The Hall–Kier alpha value is -2.38. The first kappa shape index (κ1) is 15.5. The van der Waals surface area contributed by atoms with Crippen LogP contribution in [0.15, 0.2) is 36.5 Å². The number of pyridine rings is 1. The molecule has 0 saturated carbocycles. The number of carbonyl (C=O) groups excluding carboxylic acids is 1. The molecule has 0 aliphatic carbocycles. The zero-order valence-corrected chi connectivity index (χ0v) is 13.6. The molecule has 2 N–H and O–H groups in total. The number of fused-ring (bicyclic) bond motifs is 1. The number of hydrogen-bond donors (Lipinski definition) is 1. The Morgan fingerprint density at radius 3 is 2.87 bits per heavy atom. The van der Waals surface area contributed by atoms with E-state index in [0.29, 0.717) is 19.4 Å². The molecule has 1 amide bonds. The van der Waals surface area contributed by atoms with Crippen molar-refractivity contribution in [3.63, 3.8) is 0 Å². The minimum absolute atomic E-state index is 0.0396. The summed E-state index contributed by atoms with van der Waals surface area (Å²) < 4.78 is 0. The van der Waals surface area contributed by atoms with Crippen molar-refractivity contribution in [2.75, 3.05) is 11.9 Å². The SMILES string of the molecule is CN(C(=O)CCc1nnc(CN)s1)c1ccc2ncccc2c1. The number of benzene rings is 1. The zero-order chi connectivity index (χ0) is 16.2. The molecule has 6 nitrogen and oxygen atoms in total. The summed E-state index contributed by atoms with van der Waals surface area (Å²) >= 11 is 1.46. The lowest BCUT2D eigenvalue weighted by Gasteiger charge is -2.17. The summed E-state index contributed by atoms with van der Waals surface area (Å²) in [5.41, 5.74) is 7.29. The molecule has 3 aromatic rings. The van der Waals surface area contributed by atoms with Crippen molar-refractivity contribution < 1.29 is 4.79 Å². The van der Waals surface area contributed by atoms with Crippen molar-refractivity contribution in [2.24, 2.45) is 5.73 Å². The molecule has 0 radical (unpaired) electrons. The Kier molecular flexibility index (Phi) is 4.59. The van der Waals surface area contributed by atoms with Gasteiger partial charge in [0.1, 0.15) is 10.0 Å². The van der Waals surface area contributed by atoms with Crippen LogP contribution in [-0.4, -0.2) is 28.1 Å². The average Bonchev–Trinajstić information content (AvgIpc) is 3.06. The molecule has 0 aliphatic heterocycles. The summed E-state index contributed by atoms with van der Waals surface area (Å²) in [4.78, 5) is 18.3. The van der Waals surface area contributed by atoms with Gasteiger partial charge in [0, 0.05) is 43.7 Å². The van der Waals surface area contributed by atoms with Gasteiger partial charge in [-0.3, -0.25) is 9.78 Å². The molecule has 0 fully saturated rings. The number of carbonyl (C=O) groups is 1. The second-order valence-corrected chi connectivity index (χ2v) is 6.27. The third kappa shape index (κ3) is 3.52. The zero-order valence-electron chi connectivity index (χ0n) is 12.8. The van der Waals surface area contributed by atoms with Gasteiger partial charge in [0.05, 0.1) is 5.52 Å². The molecule has 23 heavy (non-hydrogen) atoms. The third-order valence-corrected chi connectivity index (χ3v) is 4.59. The van der Waals surface area contributed by atoms with Gasteiger partial charge >= 0.3 is 0 Å².